The van der Waals surface area contributed by atoms with Gasteiger partial charge in [0.2, 0.25) is 0 Å². The van der Waals surface area contributed by atoms with Crippen LogP contribution in [0.4, 0.5) is 5.82 Å². The van der Waals surface area contributed by atoms with Gasteiger partial charge >= 0.3 is 11.9 Å². The van der Waals surface area contributed by atoms with Gasteiger partial charge in [-0.1, -0.05) is 0 Å². The van der Waals surface area contributed by atoms with Crippen LogP contribution in [0.5, 0.6) is 0 Å². The van der Waals surface area contributed by atoms with Crippen molar-refractivity contribution in [1.82, 2.24) is 4.98 Å². The molecule has 7 heteroatoms. The molecule has 0 aliphatic carbocycles. The molecule has 0 saturated heterocycles. The number of esters is 1. The van der Waals surface area contributed by atoms with Crippen molar-refractivity contribution in [3.05, 3.63) is 9.30 Å². The van der Waals surface area contributed by atoms with E-state index in [2.05, 4.69) is 31.0 Å². The average molecular weight is 279 g/mol. The van der Waals surface area contributed by atoms with E-state index in [1.54, 1.807) is 12.3 Å². The van der Waals surface area contributed by atoms with E-state index in [1.807, 2.05) is 0 Å². The lowest BCUT2D eigenvalue weighted by atomic mass is 10.6. The quantitative estimate of drug-likeness (QED) is 0.656. The minimum atomic E-state index is -0.906. The Bertz CT molecular complexity index is 352. The minimum absolute atomic E-state index is 0.174. The van der Waals surface area contributed by atoms with Crippen molar-refractivity contribution in [3.63, 3.8) is 0 Å². The Morgan fingerprint density at radius 3 is 2.93 bits per heavy atom. The number of rotatable bonds is 2. The third-order valence-electron chi connectivity index (χ3n) is 1.18. The predicted molar refractivity (Wildman–Crippen MR) is 55.1 cm³/mol. The highest BCUT2D eigenvalue weighted by atomic mass is 79.9. The molecule has 5 nitrogen and oxygen atoms in total. The summed E-state index contributed by atoms with van der Waals surface area (Å²) in [6.07, 6.45) is 0. The summed E-state index contributed by atoms with van der Waals surface area (Å²) in [6.45, 7) is 1.80. The van der Waals surface area contributed by atoms with Crippen LogP contribution in [0.25, 0.3) is 0 Å². The number of nitrogens with zero attached hydrogens (tertiary/aromatic N) is 1. The van der Waals surface area contributed by atoms with Gasteiger partial charge in [0.1, 0.15) is 5.82 Å². The first kappa shape index (κ1) is 11.1. The molecule has 0 unspecified atom stereocenters. The maximum atomic E-state index is 11.1. The highest BCUT2D eigenvalue weighted by Gasteiger charge is 2.15. The summed E-state index contributed by atoms with van der Waals surface area (Å²) in [5, 5.41) is 3.92. The van der Waals surface area contributed by atoms with E-state index in [0.717, 1.165) is 0 Å². The third kappa shape index (κ3) is 3.08. The summed E-state index contributed by atoms with van der Waals surface area (Å²) in [5.41, 5.74) is 0. The van der Waals surface area contributed by atoms with Gasteiger partial charge in [-0.3, -0.25) is 4.79 Å². The number of aromatic nitrogens is 1. The van der Waals surface area contributed by atoms with E-state index < -0.39 is 11.9 Å². The second kappa shape index (κ2) is 5.06. The van der Waals surface area contributed by atoms with Crippen molar-refractivity contribution in [3.8, 4) is 0 Å². The van der Waals surface area contributed by atoms with Gasteiger partial charge in [0.25, 0.3) is 0 Å². The number of ether oxygens (including phenoxy) is 1. The van der Waals surface area contributed by atoms with Crippen molar-refractivity contribution in [2.24, 2.45) is 0 Å². The maximum Gasteiger partial charge on any atom is 0.397 e. The summed E-state index contributed by atoms with van der Waals surface area (Å²) in [6, 6.07) is 0. The zero-order valence-corrected chi connectivity index (χ0v) is 9.65. The van der Waals surface area contributed by atoms with E-state index in [1.165, 1.54) is 11.3 Å². The molecule has 0 spiro atoms. The topological polar surface area (TPSA) is 68.3 Å². The van der Waals surface area contributed by atoms with Crippen LogP contribution in [0.3, 0.4) is 0 Å². The second-order valence-corrected chi connectivity index (χ2v) is 4.29. The number of thiazole rings is 1. The Labute approximate surface area is 92.6 Å². The molecule has 76 valence electrons. The van der Waals surface area contributed by atoms with Gasteiger partial charge in [-0.2, -0.15) is 0 Å². The largest absolute Gasteiger partial charge is 0.459 e. The van der Waals surface area contributed by atoms with Crippen LogP contribution >= 0.6 is 27.3 Å². The molecule has 1 heterocycles. The van der Waals surface area contributed by atoms with Gasteiger partial charge in [-0.15, -0.1) is 11.3 Å². The second-order valence-electron chi connectivity index (χ2n) is 2.16. The fraction of sp³-hybridized carbons (Fsp3) is 0.286. The SMILES string of the molecule is CCOC(=O)C(=O)Nc1csc(Br)n1. The number of amides is 1. The molecule has 0 aliphatic rings. The number of hydrogen-bond donors (Lipinski definition) is 1. The number of carbonyl (C=O) groups is 2. The van der Waals surface area contributed by atoms with Gasteiger partial charge in [0.15, 0.2) is 3.92 Å². The maximum absolute atomic E-state index is 11.1. The van der Waals surface area contributed by atoms with Crippen LogP contribution < -0.4 is 5.32 Å². The highest BCUT2D eigenvalue weighted by molar-refractivity contribution is 9.11. The van der Waals surface area contributed by atoms with Gasteiger partial charge < -0.3 is 10.1 Å². The van der Waals surface area contributed by atoms with Crippen LogP contribution in [0.1, 0.15) is 6.92 Å². The molecule has 0 radical (unpaired) electrons. The smallest absolute Gasteiger partial charge is 0.397 e. The van der Waals surface area contributed by atoms with Crippen molar-refractivity contribution < 1.29 is 14.3 Å². The van der Waals surface area contributed by atoms with Crippen molar-refractivity contribution in [2.75, 3.05) is 11.9 Å². The third-order valence-corrected chi connectivity index (χ3v) is 2.54. The molecule has 0 aliphatic heterocycles. The summed E-state index contributed by atoms with van der Waals surface area (Å²) >= 11 is 4.44. The fourth-order valence-electron chi connectivity index (χ4n) is 0.673. The van der Waals surface area contributed by atoms with Crippen molar-refractivity contribution in [2.45, 2.75) is 6.92 Å². The molecular weight excluding hydrogens is 272 g/mol. The molecule has 0 saturated carbocycles. The standard InChI is InChI=1S/C7H7BrN2O3S/c1-2-13-6(12)5(11)9-4-3-14-7(8)10-4/h3H,2H2,1H3,(H,9,11). The molecule has 1 rings (SSSR count). The molecular formula is C7H7BrN2O3S. The molecule has 1 N–H and O–H groups in total. The van der Waals surface area contributed by atoms with Gasteiger partial charge in [0.05, 0.1) is 6.61 Å². The van der Waals surface area contributed by atoms with Gasteiger partial charge in [-0.25, -0.2) is 9.78 Å². The minimum Gasteiger partial charge on any atom is -0.459 e. The first-order chi connectivity index (χ1) is 6.63. The monoisotopic (exact) mass is 278 g/mol. The molecule has 1 amide bonds. The molecule has 0 fully saturated rings. The van der Waals surface area contributed by atoms with E-state index in [0.29, 0.717) is 9.73 Å². The van der Waals surface area contributed by atoms with Gasteiger partial charge in [0, 0.05) is 5.38 Å². The van der Waals surface area contributed by atoms with Crippen LogP contribution in [0.2, 0.25) is 0 Å². The van der Waals surface area contributed by atoms with Crippen LogP contribution in [0.15, 0.2) is 9.30 Å². The highest BCUT2D eigenvalue weighted by Crippen LogP contribution is 2.19. The Hall–Kier alpha value is -0.950. The lowest BCUT2D eigenvalue weighted by Gasteiger charge is -2.00. The van der Waals surface area contributed by atoms with Crippen molar-refractivity contribution >= 4 is 45.0 Å². The molecule has 1 aromatic heterocycles. The molecule has 0 bridgehead atoms. The summed E-state index contributed by atoms with van der Waals surface area (Å²) < 4.78 is 5.13. The molecule has 0 atom stereocenters. The number of halogens is 1. The average Bonchev–Trinajstić information content (AvgIpc) is 2.51. The first-order valence-corrected chi connectivity index (χ1v) is 5.40. The number of carbonyl (C=O) groups excluding carboxylic acids is 2. The fourth-order valence-corrected chi connectivity index (χ4v) is 1.62. The summed E-state index contributed by atoms with van der Waals surface area (Å²) in [4.78, 5) is 25.8. The van der Waals surface area contributed by atoms with Crippen LogP contribution in [0, 0.1) is 0 Å². The number of nitrogens with one attached hydrogen (secondary N) is 1. The summed E-state index contributed by atoms with van der Waals surface area (Å²) in [5.74, 6) is -1.39. The lowest BCUT2D eigenvalue weighted by Crippen LogP contribution is -2.25. The van der Waals surface area contributed by atoms with Crippen LogP contribution in [-0.4, -0.2) is 23.5 Å². The normalized spacial score (nSPS) is 9.57. The van der Waals surface area contributed by atoms with Gasteiger partial charge in [-0.05, 0) is 22.9 Å². The Morgan fingerprint density at radius 2 is 2.43 bits per heavy atom. The Balaban J connectivity index is 2.53. The number of hydrogen-bond acceptors (Lipinski definition) is 5. The van der Waals surface area contributed by atoms with E-state index in [9.17, 15) is 9.59 Å². The molecule has 1 aromatic rings. The van der Waals surface area contributed by atoms with Crippen molar-refractivity contribution in [1.29, 1.82) is 0 Å². The Morgan fingerprint density at radius 1 is 1.71 bits per heavy atom. The first-order valence-electron chi connectivity index (χ1n) is 3.72. The zero-order chi connectivity index (χ0) is 10.6. The number of anilines is 1. The molecule has 0 aromatic carbocycles. The van der Waals surface area contributed by atoms with E-state index in [-0.39, 0.29) is 6.61 Å². The molecule has 14 heavy (non-hydrogen) atoms. The van der Waals surface area contributed by atoms with E-state index in [4.69, 9.17) is 0 Å². The predicted octanol–water partition coefficient (Wildman–Crippen LogP) is 1.41. The van der Waals surface area contributed by atoms with E-state index >= 15 is 0 Å². The Kier molecular flexibility index (Phi) is 4.02. The zero-order valence-electron chi connectivity index (χ0n) is 7.24. The van der Waals surface area contributed by atoms with Crippen LogP contribution in [-0.2, 0) is 14.3 Å². The lowest BCUT2D eigenvalue weighted by molar-refractivity contribution is -0.152. The summed E-state index contributed by atoms with van der Waals surface area (Å²) in [7, 11) is 0.